The number of nitrogens with zero attached hydrogens (tertiary/aromatic N) is 3. The van der Waals surface area contributed by atoms with Gasteiger partial charge in [-0.2, -0.15) is 0 Å². The monoisotopic (exact) mass is 506 g/mol. The van der Waals surface area contributed by atoms with Crippen LogP contribution in [0.2, 0.25) is 0 Å². The minimum absolute atomic E-state index is 0.00594. The van der Waals surface area contributed by atoms with E-state index in [1.165, 1.54) is 10.5 Å². The van der Waals surface area contributed by atoms with Crippen LogP contribution in [0.3, 0.4) is 0 Å². The van der Waals surface area contributed by atoms with Crippen molar-refractivity contribution in [3.63, 3.8) is 0 Å². The van der Waals surface area contributed by atoms with Crippen LogP contribution in [-0.2, 0) is 20.8 Å². The number of anilines is 1. The van der Waals surface area contributed by atoms with Crippen molar-refractivity contribution in [3.8, 4) is 0 Å². The summed E-state index contributed by atoms with van der Waals surface area (Å²) in [7, 11) is 0. The highest BCUT2D eigenvalue weighted by atomic mass is 32.1. The average molecular weight is 507 g/mol. The summed E-state index contributed by atoms with van der Waals surface area (Å²) in [5.74, 6) is 0.191. The first-order valence-electron chi connectivity index (χ1n) is 12.3. The number of hydrogen-bond acceptors (Lipinski definition) is 6. The van der Waals surface area contributed by atoms with Crippen molar-refractivity contribution in [2.75, 3.05) is 38.1 Å². The van der Waals surface area contributed by atoms with Gasteiger partial charge in [-0.15, -0.1) is 11.3 Å². The third-order valence-electron chi connectivity index (χ3n) is 7.46. The summed E-state index contributed by atoms with van der Waals surface area (Å²) in [6, 6.07) is 6.14. The molecule has 3 aliphatic rings. The van der Waals surface area contributed by atoms with E-state index in [9.17, 15) is 14.4 Å². The Balaban J connectivity index is 1.21. The third-order valence-corrected chi connectivity index (χ3v) is 8.28. The first-order valence-corrected chi connectivity index (χ1v) is 13.2. The van der Waals surface area contributed by atoms with Crippen molar-refractivity contribution >= 4 is 47.0 Å². The molecule has 0 unspecified atom stereocenters. The Hall–Kier alpha value is -3.30. The zero-order valence-corrected chi connectivity index (χ0v) is 20.9. The number of piperidine rings is 2. The second-order valence-corrected chi connectivity index (χ2v) is 10.7. The molecular formula is C27H30N4O4S. The molecular weight excluding hydrogens is 476 g/mol. The number of carbonyl (C=O) groups excluding carboxylic acids is 3. The lowest BCUT2D eigenvalue weighted by Crippen LogP contribution is -2.51. The van der Waals surface area contributed by atoms with Crippen LogP contribution in [0, 0.1) is 5.41 Å². The van der Waals surface area contributed by atoms with Gasteiger partial charge in [0, 0.05) is 43.3 Å². The first kappa shape index (κ1) is 24.4. The van der Waals surface area contributed by atoms with Gasteiger partial charge in [0.25, 0.3) is 0 Å². The van der Waals surface area contributed by atoms with Crippen molar-refractivity contribution in [2.24, 2.45) is 5.41 Å². The molecule has 188 valence electrons. The SMILES string of the molecule is O=C(/C=C/c1cnc2c(c1)CC1(CCN(C(=O)CO)CC1)C(=O)N2)N1CCC(=Cc2cccs2)CC1. The van der Waals surface area contributed by atoms with Crippen LogP contribution >= 0.6 is 11.3 Å². The topological polar surface area (TPSA) is 103 Å². The number of nitrogens with one attached hydrogen (secondary N) is 1. The van der Waals surface area contributed by atoms with Gasteiger partial charge in [0.15, 0.2) is 0 Å². The van der Waals surface area contributed by atoms with E-state index in [4.69, 9.17) is 5.11 Å². The number of likely N-dealkylation sites (tertiary alicyclic amines) is 2. The number of carbonyl (C=O) groups is 3. The molecule has 3 aliphatic heterocycles. The Bertz CT molecular complexity index is 1200. The Morgan fingerprint density at radius 3 is 2.64 bits per heavy atom. The highest BCUT2D eigenvalue weighted by molar-refractivity contribution is 7.10. The molecule has 36 heavy (non-hydrogen) atoms. The van der Waals surface area contributed by atoms with Crippen molar-refractivity contribution in [1.82, 2.24) is 14.8 Å². The summed E-state index contributed by atoms with van der Waals surface area (Å²) in [5.41, 5.74) is 2.55. The number of amides is 3. The molecule has 2 N–H and O–H groups in total. The van der Waals surface area contributed by atoms with Gasteiger partial charge in [-0.3, -0.25) is 14.4 Å². The zero-order valence-electron chi connectivity index (χ0n) is 20.1. The second kappa shape index (κ2) is 10.4. The molecule has 2 aromatic heterocycles. The lowest BCUT2D eigenvalue weighted by Gasteiger charge is -2.42. The Morgan fingerprint density at radius 1 is 1.17 bits per heavy atom. The minimum atomic E-state index is -0.582. The maximum Gasteiger partial charge on any atom is 0.248 e. The van der Waals surface area contributed by atoms with Gasteiger partial charge in [0.2, 0.25) is 17.7 Å². The third kappa shape index (κ3) is 5.12. The quantitative estimate of drug-likeness (QED) is 0.621. The fourth-order valence-electron chi connectivity index (χ4n) is 5.25. The zero-order chi connectivity index (χ0) is 25.1. The van der Waals surface area contributed by atoms with Crippen LogP contribution in [0.15, 0.2) is 41.4 Å². The van der Waals surface area contributed by atoms with Crippen molar-refractivity contribution in [2.45, 2.75) is 32.1 Å². The van der Waals surface area contributed by atoms with E-state index in [0.717, 1.165) is 24.0 Å². The maximum atomic E-state index is 12.9. The lowest BCUT2D eigenvalue weighted by atomic mass is 9.71. The van der Waals surface area contributed by atoms with Crippen LogP contribution in [0.1, 0.15) is 41.7 Å². The predicted molar refractivity (Wildman–Crippen MR) is 139 cm³/mol. The second-order valence-electron chi connectivity index (χ2n) is 9.70. The van der Waals surface area contributed by atoms with Gasteiger partial charge in [0.05, 0.1) is 5.41 Å². The normalized spacial score (nSPS) is 19.4. The number of rotatable bonds is 4. The fourth-order valence-corrected chi connectivity index (χ4v) is 5.95. The van der Waals surface area contributed by atoms with Crippen LogP contribution < -0.4 is 5.32 Å². The number of aliphatic hydroxyl groups excluding tert-OH is 1. The molecule has 2 aromatic rings. The summed E-state index contributed by atoms with van der Waals surface area (Å²) in [4.78, 5) is 46.7. The van der Waals surface area contributed by atoms with E-state index in [2.05, 4.69) is 27.8 Å². The molecule has 0 aliphatic carbocycles. The molecule has 2 saturated heterocycles. The number of pyridine rings is 1. The highest BCUT2D eigenvalue weighted by Crippen LogP contribution is 2.41. The van der Waals surface area contributed by atoms with Gasteiger partial charge in [-0.05, 0) is 72.9 Å². The average Bonchev–Trinajstić information content (AvgIpc) is 3.41. The van der Waals surface area contributed by atoms with Crippen molar-refractivity contribution < 1.29 is 19.5 Å². The number of fused-ring (bicyclic) bond motifs is 1. The molecule has 1 spiro atoms. The summed E-state index contributed by atoms with van der Waals surface area (Å²) in [5, 5.41) is 14.1. The van der Waals surface area contributed by atoms with E-state index in [1.807, 2.05) is 17.0 Å². The molecule has 0 bridgehead atoms. The summed E-state index contributed by atoms with van der Waals surface area (Å²) < 4.78 is 0. The molecule has 8 nitrogen and oxygen atoms in total. The Labute approximate surface area is 214 Å². The number of thiophene rings is 1. The molecule has 0 radical (unpaired) electrons. The largest absolute Gasteiger partial charge is 0.387 e. The predicted octanol–water partition coefficient (Wildman–Crippen LogP) is 2.96. The van der Waals surface area contributed by atoms with Crippen LogP contribution in [-0.4, -0.2) is 70.4 Å². The molecule has 3 amide bonds. The van der Waals surface area contributed by atoms with Gasteiger partial charge < -0.3 is 20.2 Å². The molecule has 0 saturated carbocycles. The van der Waals surface area contributed by atoms with Crippen molar-refractivity contribution in [3.05, 3.63) is 57.4 Å². The van der Waals surface area contributed by atoms with Crippen molar-refractivity contribution in [1.29, 1.82) is 0 Å². The molecule has 5 heterocycles. The minimum Gasteiger partial charge on any atom is -0.387 e. The van der Waals surface area contributed by atoms with Gasteiger partial charge in [-0.25, -0.2) is 4.98 Å². The molecule has 0 atom stereocenters. The number of aliphatic hydroxyl groups is 1. The first-order chi connectivity index (χ1) is 17.5. The van der Waals surface area contributed by atoms with E-state index in [0.29, 0.717) is 51.3 Å². The number of aromatic nitrogens is 1. The molecule has 9 heteroatoms. The smallest absolute Gasteiger partial charge is 0.248 e. The van der Waals surface area contributed by atoms with Crippen LogP contribution in [0.25, 0.3) is 12.2 Å². The summed E-state index contributed by atoms with van der Waals surface area (Å²) in [6.07, 6.45) is 10.7. The Morgan fingerprint density at radius 2 is 1.94 bits per heavy atom. The van der Waals surface area contributed by atoms with E-state index in [1.54, 1.807) is 34.6 Å². The lowest BCUT2D eigenvalue weighted by molar-refractivity contribution is -0.140. The fraction of sp³-hybridized carbons (Fsp3) is 0.407. The van der Waals surface area contributed by atoms with Crippen LogP contribution in [0.4, 0.5) is 5.82 Å². The van der Waals surface area contributed by atoms with E-state index >= 15 is 0 Å². The Kier molecular flexibility index (Phi) is 7.02. The molecule has 2 fully saturated rings. The van der Waals surface area contributed by atoms with E-state index in [-0.39, 0.29) is 17.7 Å². The maximum absolute atomic E-state index is 12.9. The highest BCUT2D eigenvalue weighted by Gasteiger charge is 2.45. The summed E-state index contributed by atoms with van der Waals surface area (Å²) >= 11 is 1.73. The van der Waals surface area contributed by atoms with Gasteiger partial charge in [-0.1, -0.05) is 11.6 Å². The van der Waals surface area contributed by atoms with E-state index < -0.39 is 12.0 Å². The molecule has 5 rings (SSSR count). The van der Waals surface area contributed by atoms with Gasteiger partial charge >= 0.3 is 0 Å². The van der Waals surface area contributed by atoms with Crippen LogP contribution in [0.5, 0.6) is 0 Å². The molecule has 0 aromatic carbocycles. The number of hydrogen-bond donors (Lipinski definition) is 2. The standard InChI is InChI=1S/C27H30N4O4S/c32-18-24(34)31-11-7-27(8-12-31)16-21-14-20(17-28-25(21)29-26(27)35)3-4-23(33)30-9-5-19(6-10-30)15-22-2-1-13-36-22/h1-4,13-15,17,32H,5-12,16,18H2,(H,28,29,35)/b4-3+. The van der Waals surface area contributed by atoms with Gasteiger partial charge in [0.1, 0.15) is 12.4 Å². The summed E-state index contributed by atoms with van der Waals surface area (Å²) in [6.45, 7) is 1.82.